The lowest BCUT2D eigenvalue weighted by Crippen LogP contribution is -2.28. The van der Waals surface area contributed by atoms with E-state index in [4.69, 9.17) is 5.73 Å². The summed E-state index contributed by atoms with van der Waals surface area (Å²) in [6, 6.07) is 6.08. The third kappa shape index (κ3) is 1.51. The van der Waals surface area contributed by atoms with Crippen molar-refractivity contribution in [1.29, 1.82) is 0 Å². The van der Waals surface area contributed by atoms with Crippen LogP contribution in [0.3, 0.4) is 0 Å². The van der Waals surface area contributed by atoms with Crippen LogP contribution in [0.4, 0.5) is 0 Å². The smallest absolute Gasteiger partial charge is 0.248 e. The van der Waals surface area contributed by atoms with E-state index in [2.05, 4.69) is 12.2 Å². The number of amides is 1. The molecule has 0 bridgehead atoms. The Balaban J connectivity index is 2.44. The van der Waals surface area contributed by atoms with E-state index in [1.807, 2.05) is 12.1 Å². The highest BCUT2D eigenvalue weighted by molar-refractivity contribution is 5.93. The molecule has 0 fully saturated rings. The molecule has 74 valence electrons. The van der Waals surface area contributed by atoms with Gasteiger partial charge in [0.25, 0.3) is 0 Å². The first kappa shape index (κ1) is 9.21. The molecule has 0 saturated carbocycles. The molecule has 1 aliphatic rings. The van der Waals surface area contributed by atoms with Crippen LogP contribution in [0.15, 0.2) is 18.2 Å². The Hall–Kier alpha value is -1.35. The lowest BCUT2D eigenvalue weighted by Gasteiger charge is -2.24. The standard InChI is InChI=1S/C11H14N2O/c1-7-10-3-2-9(11(12)14)6-8(10)4-5-13-7/h2-3,6-7,13H,4-5H2,1H3,(H2,12,14). The zero-order valence-electron chi connectivity index (χ0n) is 8.21. The molecule has 1 aliphatic heterocycles. The zero-order chi connectivity index (χ0) is 10.1. The number of rotatable bonds is 1. The van der Waals surface area contributed by atoms with E-state index in [9.17, 15) is 4.79 Å². The molecule has 3 nitrogen and oxygen atoms in total. The highest BCUT2D eigenvalue weighted by Crippen LogP contribution is 2.23. The average molecular weight is 190 g/mol. The number of hydrogen-bond donors (Lipinski definition) is 2. The highest BCUT2D eigenvalue weighted by atomic mass is 16.1. The molecule has 1 aromatic carbocycles. The molecule has 1 heterocycles. The first-order valence-corrected chi connectivity index (χ1v) is 4.84. The number of benzene rings is 1. The minimum atomic E-state index is -0.348. The Morgan fingerprint density at radius 3 is 3.07 bits per heavy atom. The average Bonchev–Trinajstić information content (AvgIpc) is 2.17. The quantitative estimate of drug-likeness (QED) is 0.694. The van der Waals surface area contributed by atoms with Gasteiger partial charge in [0.15, 0.2) is 0 Å². The maximum atomic E-state index is 11.0. The number of carbonyl (C=O) groups is 1. The summed E-state index contributed by atoms with van der Waals surface area (Å²) in [5.74, 6) is -0.348. The molecule has 2 rings (SSSR count). The van der Waals surface area contributed by atoms with Crippen molar-refractivity contribution < 1.29 is 4.79 Å². The van der Waals surface area contributed by atoms with Crippen LogP contribution < -0.4 is 11.1 Å². The lowest BCUT2D eigenvalue weighted by molar-refractivity contribution is 0.1000. The predicted molar refractivity (Wildman–Crippen MR) is 55.1 cm³/mol. The van der Waals surface area contributed by atoms with E-state index >= 15 is 0 Å². The van der Waals surface area contributed by atoms with Crippen molar-refractivity contribution in [3.05, 3.63) is 34.9 Å². The fourth-order valence-corrected chi connectivity index (χ4v) is 1.93. The largest absolute Gasteiger partial charge is 0.366 e. The molecule has 1 aromatic rings. The maximum absolute atomic E-state index is 11.0. The van der Waals surface area contributed by atoms with Gasteiger partial charge in [-0.25, -0.2) is 0 Å². The second-order valence-corrected chi connectivity index (χ2v) is 3.70. The number of hydrogen-bond acceptors (Lipinski definition) is 2. The third-order valence-electron chi connectivity index (χ3n) is 2.74. The molecule has 0 aliphatic carbocycles. The Labute approximate surface area is 83.3 Å². The fraction of sp³-hybridized carbons (Fsp3) is 0.364. The highest BCUT2D eigenvalue weighted by Gasteiger charge is 2.16. The van der Waals surface area contributed by atoms with Gasteiger partial charge in [-0.15, -0.1) is 0 Å². The van der Waals surface area contributed by atoms with Crippen molar-refractivity contribution in [2.45, 2.75) is 19.4 Å². The van der Waals surface area contributed by atoms with Crippen LogP contribution in [0, 0.1) is 0 Å². The Morgan fingerprint density at radius 1 is 1.57 bits per heavy atom. The van der Waals surface area contributed by atoms with Gasteiger partial charge in [0.05, 0.1) is 0 Å². The van der Waals surface area contributed by atoms with Gasteiger partial charge in [0.1, 0.15) is 0 Å². The first-order valence-electron chi connectivity index (χ1n) is 4.84. The number of carbonyl (C=O) groups excluding carboxylic acids is 1. The minimum absolute atomic E-state index is 0.348. The van der Waals surface area contributed by atoms with E-state index in [1.165, 1.54) is 11.1 Å². The molecule has 3 N–H and O–H groups in total. The van der Waals surface area contributed by atoms with Crippen LogP contribution in [0.25, 0.3) is 0 Å². The van der Waals surface area contributed by atoms with Gasteiger partial charge in [-0.3, -0.25) is 4.79 Å². The Kier molecular flexibility index (Phi) is 2.25. The van der Waals surface area contributed by atoms with Gasteiger partial charge < -0.3 is 11.1 Å². The topological polar surface area (TPSA) is 55.1 Å². The van der Waals surface area contributed by atoms with Crippen LogP contribution >= 0.6 is 0 Å². The Morgan fingerprint density at radius 2 is 2.36 bits per heavy atom. The van der Waals surface area contributed by atoms with Crippen LogP contribution in [-0.4, -0.2) is 12.5 Å². The van der Waals surface area contributed by atoms with Crippen molar-refractivity contribution in [3.8, 4) is 0 Å². The second-order valence-electron chi connectivity index (χ2n) is 3.70. The summed E-state index contributed by atoms with van der Waals surface area (Å²) in [5.41, 5.74) is 8.36. The van der Waals surface area contributed by atoms with Crippen molar-refractivity contribution in [2.75, 3.05) is 6.54 Å². The van der Waals surface area contributed by atoms with Crippen LogP contribution in [0.5, 0.6) is 0 Å². The van der Waals surface area contributed by atoms with Crippen molar-refractivity contribution >= 4 is 5.91 Å². The lowest BCUT2D eigenvalue weighted by atomic mass is 9.93. The summed E-state index contributed by atoms with van der Waals surface area (Å²) in [5, 5.41) is 3.37. The van der Waals surface area contributed by atoms with E-state index in [0.29, 0.717) is 11.6 Å². The zero-order valence-corrected chi connectivity index (χ0v) is 8.21. The molecule has 0 spiro atoms. The summed E-state index contributed by atoms with van der Waals surface area (Å²) >= 11 is 0. The summed E-state index contributed by atoms with van der Waals surface area (Å²) < 4.78 is 0. The summed E-state index contributed by atoms with van der Waals surface area (Å²) in [6.07, 6.45) is 0.973. The van der Waals surface area contributed by atoms with Gasteiger partial charge in [-0.05, 0) is 43.1 Å². The molecular formula is C11H14N2O. The molecule has 0 radical (unpaired) electrons. The number of primary amides is 1. The van der Waals surface area contributed by atoms with E-state index in [-0.39, 0.29) is 5.91 Å². The van der Waals surface area contributed by atoms with E-state index in [0.717, 1.165) is 13.0 Å². The van der Waals surface area contributed by atoms with Crippen molar-refractivity contribution in [3.63, 3.8) is 0 Å². The van der Waals surface area contributed by atoms with Crippen molar-refractivity contribution in [1.82, 2.24) is 5.32 Å². The molecule has 1 amide bonds. The summed E-state index contributed by atoms with van der Waals surface area (Å²) in [7, 11) is 0. The van der Waals surface area contributed by atoms with E-state index in [1.54, 1.807) is 6.07 Å². The van der Waals surface area contributed by atoms with Gasteiger partial charge in [-0.1, -0.05) is 6.07 Å². The molecular weight excluding hydrogens is 176 g/mol. The normalized spacial score (nSPS) is 20.2. The molecule has 1 atom stereocenters. The molecule has 0 saturated heterocycles. The van der Waals surface area contributed by atoms with Gasteiger partial charge in [-0.2, -0.15) is 0 Å². The fourth-order valence-electron chi connectivity index (χ4n) is 1.93. The van der Waals surface area contributed by atoms with Crippen molar-refractivity contribution in [2.24, 2.45) is 5.73 Å². The van der Waals surface area contributed by atoms with E-state index < -0.39 is 0 Å². The molecule has 14 heavy (non-hydrogen) atoms. The number of fused-ring (bicyclic) bond motifs is 1. The van der Waals surface area contributed by atoms with Crippen LogP contribution in [0.1, 0.15) is 34.5 Å². The van der Waals surface area contributed by atoms with Gasteiger partial charge in [0, 0.05) is 11.6 Å². The SMILES string of the molecule is CC1NCCc2cc(C(N)=O)ccc21. The summed E-state index contributed by atoms with van der Waals surface area (Å²) in [6.45, 7) is 3.10. The monoisotopic (exact) mass is 190 g/mol. The Bertz CT molecular complexity index is 374. The maximum Gasteiger partial charge on any atom is 0.248 e. The van der Waals surface area contributed by atoms with Gasteiger partial charge >= 0.3 is 0 Å². The second kappa shape index (κ2) is 3.42. The predicted octanol–water partition coefficient (Wildman–Crippen LogP) is 0.992. The molecule has 3 heteroatoms. The third-order valence-corrected chi connectivity index (χ3v) is 2.74. The van der Waals surface area contributed by atoms with Crippen LogP contribution in [-0.2, 0) is 6.42 Å². The first-order chi connectivity index (χ1) is 6.68. The molecule has 1 unspecified atom stereocenters. The van der Waals surface area contributed by atoms with Gasteiger partial charge in [0.2, 0.25) is 5.91 Å². The number of nitrogens with one attached hydrogen (secondary N) is 1. The van der Waals surface area contributed by atoms with Crippen LogP contribution in [0.2, 0.25) is 0 Å². The minimum Gasteiger partial charge on any atom is -0.366 e. The molecule has 0 aromatic heterocycles. The number of nitrogens with two attached hydrogens (primary N) is 1. The summed E-state index contributed by atoms with van der Waals surface area (Å²) in [4.78, 5) is 11.0.